The molecule has 0 atom stereocenters. The van der Waals surface area contributed by atoms with E-state index in [-0.39, 0.29) is 18.4 Å². The maximum Gasteiger partial charge on any atom is 0.274 e. The molecule has 1 saturated heterocycles. The van der Waals surface area contributed by atoms with E-state index in [4.69, 9.17) is 9.94 Å². The van der Waals surface area contributed by atoms with Gasteiger partial charge in [0, 0.05) is 67.3 Å². The Hall–Kier alpha value is -4.35. The van der Waals surface area contributed by atoms with Crippen LogP contribution in [-0.2, 0) is 9.63 Å². The van der Waals surface area contributed by atoms with Crippen molar-refractivity contribution in [1.82, 2.24) is 15.3 Å². The van der Waals surface area contributed by atoms with Gasteiger partial charge >= 0.3 is 0 Å². The summed E-state index contributed by atoms with van der Waals surface area (Å²) in [6.45, 7) is 7.42. The fraction of sp³-hybridized carbons (Fsp3) is 0.281. The van der Waals surface area contributed by atoms with Crippen LogP contribution >= 0.6 is 0 Å². The summed E-state index contributed by atoms with van der Waals surface area (Å²) in [6.07, 6.45) is 0.783. The van der Waals surface area contributed by atoms with Gasteiger partial charge in [0.1, 0.15) is 6.29 Å². The first-order valence-electron chi connectivity index (χ1n) is 14.0. The number of aldehydes is 1. The summed E-state index contributed by atoms with van der Waals surface area (Å²) in [5.74, 6) is -0.611. The molecule has 0 radical (unpaired) electrons. The van der Waals surface area contributed by atoms with Gasteiger partial charge in [-0.05, 0) is 54.4 Å². The highest BCUT2D eigenvalue weighted by Crippen LogP contribution is 2.38. The minimum absolute atomic E-state index is 0.174. The summed E-state index contributed by atoms with van der Waals surface area (Å²) in [5.41, 5.74) is 8.17. The van der Waals surface area contributed by atoms with E-state index in [2.05, 4.69) is 25.9 Å². The van der Waals surface area contributed by atoms with E-state index in [9.17, 15) is 14.4 Å². The molecule has 0 aliphatic carbocycles. The number of fused-ring (bicyclic) bond motifs is 1. The van der Waals surface area contributed by atoms with Gasteiger partial charge in [-0.1, -0.05) is 30.3 Å². The first-order chi connectivity index (χ1) is 20.5. The van der Waals surface area contributed by atoms with Crippen molar-refractivity contribution in [3.8, 4) is 0 Å². The van der Waals surface area contributed by atoms with Crippen LogP contribution in [0.15, 0.2) is 66.7 Å². The van der Waals surface area contributed by atoms with E-state index < -0.39 is 0 Å². The second-order valence-electron chi connectivity index (χ2n) is 10.3. The molecule has 0 bridgehead atoms. The normalized spacial score (nSPS) is 16.5. The maximum absolute atomic E-state index is 13.2. The smallest absolute Gasteiger partial charge is 0.274 e. The van der Waals surface area contributed by atoms with Crippen LogP contribution in [0.1, 0.15) is 37.4 Å². The summed E-state index contributed by atoms with van der Waals surface area (Å²) in [5, 5.41) is 15.3. The maximum atomic E-state index is 13.2. The minimum Gasteiger partial charge on any atom is -0.395 e. The number of anilines is 2. The Kier molecular flexibility index (Phi) is 9.40. The Bertz CT molecular complexity index is 1460. The Balaban J connectivity index is 1.25. The first kappa shape index (κ1) is 29.2. The quantitative estimate of drug-likeness (QED) is 0.120. The molecule has 0 saturated carbocycles. The number of aryl methyl sites for hydroxylation is 1. The molecule has 3 aromatic carbocycles. The lowest BCUT2D eigenvalue weighted by Crippen LogP contribution is -2.48. The zero-order chi connectivity index (χ0) is 29.5. The van der Waals surface area contributed by atoms with Crippen LogP contribution in [0, 0.1) is 6.92 Å². The summed E-state index contributed by atoms with van der Waals surface area (Å²) in [6, 6.07) is 20.0. The van der Waals surface area contributed by atoms with E-state index in [1.807, 2.05) is 43.3 Å². The van der Waals surface area contributed by atoms with Gasteiger partial charge in [-0.3, -0.25) is 29.0 Å². The number of aliphatic hydroxyl groups excluding tert-OH is 1. The fourth-order valence-corrected chi connectivity index (χ4v) is 5.18. The molecule has 218 valence electrons. The molecule has 0 unspecified atom stereocenters. The zero-order valence-corrected chi connectivity index (χ0v) is 23.6. The van der Waals surface area contributed by atoms with E-state index in [1.54, 1.807) is 30.3 Å². The van der Waals surface area contributed by atoms with Gasteiger partial charge in [0.25, 0.3) is 11.8 Å². The molecule has 10 nitrogen and oxygen atoms in total. The molecule has 10 heteroatoms. The number of hydrogen-bond donors (Lipinski definition) is 4. The molecule has 42 heavy (non-hydrogen) atoms. The Morgan fingerprint density at radius 3 is 2.33 bits per heavy atom. The number of aliphatic hydroxyl groups is 1. The molecule has 3 aromatic rings. The first-order valence-corrected chi connectivity index (χ1v) is 14.0. The van der Waals surface area contributed by atoms with Crippen molar-refractivity contribution in [3.63, 3.8) is 0 Å². The van der Waals surface area contributed by atoms with Crippen LogP contribution in [0.3, 0.4) is 0 Å². The predicted molar refractivity (Wildman–Crippen MR) is 162 cm³/mol. The standard InChI is InChI=1S/C32H35N5O5/c1-22-19-27-28(20-25(22)21-39)34-32(41)29(27)30(23-5-3-2-4-6-23)33-26-9-7-24(8-10-26)31(40)35-42-18-16-37-13-11-36(12-14-37)15-17-38/h2-10,19-21,33,38H,11-18H2,1H3,(H,34,41)(H,35,40)/b30-29-. The van der Waals surface area contributed by atoms with Gasteiger partial charge in [-0.15, -0.1) is 0 Å². The van der Waals surface area contributed by atoms with Crippen molar-refractivity contribution in [2.24, 2.45) is 0 Å². The number of carbonyl (C=O) groups is 3. The molecule has 0 spiro atoms. The third kappa shape index (κ3) is 6.75. The summed E-state index contributed by atoms with van der Waals surface area (Å²) in [4.78, 5) is 47.2. The lowest BCUT2D eigenvalue weighted by atomic mass is 9.97. The fourth-order valence-electron chi connectivity index (χ4n) is 5.18. The SMILES string of the molecule is Cc1cc2c(cc1C=O)NC(=O)/C2=C(\Nc1ccc(C(=O)NOCCN2CCN(CCO)CC2)cc1)c1ccccc1. The summed E-state index contributed by atoms with van der Waals surface area (Å²) < 4.78 is 0. The van der Waals surface area contributed by atoms with Crippen molar-refractivity contribution in [3.05, 3.63) is 94.5 Å². The molecule has 0 aromatic heterocycles. The number of carbonyl (C=O) groups excluding carboxylic acids is 3. The highest BCUT2D eigenvalue weighted by molar-refractivity contribution is 6.37. The molecule has 5 rings (SSSR count). The second kappa shape index (κ2) is 13.5. The highest BCUT2D eigenvalue weighted by atomic mass is 16.7. The molecule has 2 heterocycles. The van der Waals surface area contributed by atoms with E-state index in [1.165, 1.54) is 0 Å². The number of amides is 2. The Labute approximate surface area is 244 Å². The van der Waals surface area contributed by atoms with Crippen LogP contribution in [0.2, 0.25) is 0 Å². The lowest BCUT2D eigenvalue weighted by molar-refractivity contribution is -0.110. The topological polar surface area (TPSA) is 123 Å². The molecule has 2 aliphatic rings. The second-order valence-corrected chi connectivity index (χ2v) is 10.3. The number of rotatable bonds is 11. The molecular weight excluding hydrogens is 534 g/mol. The van der Waals surface area contributed by atoms with Crippen molar-refractivity contribution in [2.45, 2.75) is 6.92 Å². The molecule has 4 N–H and O–H groups in total. The number of β-amino-alcohol motifs (C(OH)–C–C–N with tert-alkyl or cyclic N) is 1. The minimum atomic E-state index is -0.346. The molecular formula is C32H35N5O5. The Morgan fingerprint density at radius 2 is 1.67 bits per heavy atom. The Morgan fingerprint density at radius 1 is 0.976 bits per heavy atom. The average molecular weight is 570 g/mol. The van der Waals surface area contributed by atoms with Crippen LogP contribution in [0.4, 0.5) is 11.4 Å². The van der Waals surface area contributed by atoms with Gasteiger partial charge in [0.05, 0.1) is 24.5 Å². The molecule has 2 aliphatic heterocycles. The third-order valence-electron chi connectivity index (χ3n) is 7.56. The zero-order valence-electron chi connectivity index (χ0n) is 23.6. The lowest BCUT2D eigenvalue weighted by Gasteiger charge is -2.34. The van der Waals surface area contributed by atoms with E-state index in [0.717, 1.165) is 49.2 Å². The number of hydroxylamine groups is 1. The van der Waals surface area contributed by atoms with Crippen LogP contribution in [0.5, 0.6) is 0 Å². The monoisotopic (exact) mass is 569 g/mol. The molecule has 1 fully saturated rings. The van der Waals surface area contributed by atoms with Gasteiger partial charge in [0.15, 0.2) is 0 Å². The van der Waals surface area contributed by atoms with Crippen molar-refractivity contribution in [2.75, 3.05) is 63.1 Å². The van der Waals surface area contributed by atoms with Gasteiger partial charge in [-0.25, -0.2) is 5.48 Å². The van der Waals surface area contributed by atoms with Gasteiger partial charge in [-0.2, -0.15) is 0 Å². The number of piperazine rings is 1. The van der Waals surface area contributed by atoms with Crippen LogP contribution < -0.4 is 16.1 Å². The molecule has 2 amide bonds. The van der Waals surface area contributed by atoms with Crippen LogP contribution in [0.25, 0.3) is 11.3 Å². The average Bonchev–Trinajstić information content (AvgIpc) is 3.33. The number of nitrogens with zero attached hydrogens (tertiary/aromatic N) is 2. The van der Waals surface area contributed by atoms with Gasteiger partial charge in [0.2, 0.25) is 0 Å². The number of nitrogens with one attached hydrogen (secondary N) is 3. The van der Waals surface area contributed by atoms with Crippen molar-refractivity contribution in [1.29, 1.82) is 0 Å². The van der Waals surface area contributed by atoms with Gasteiger partial charge < -0.3 is 15.7 Å². The largest absolute Gasteiger partial charge is 0.395 e. The third-order valence-corrected chi connectivity index (χ3v) is 7.56. The highest BCUT2D eigenvalue weighted by Gasteiger charge is 2.29. The van der Waals surface area contributed by atoms with E-state index in [0.29, 0.717) is 53.5 Å². The van der Waals surface area contributed by atoms with Crippen LogP contribution in [-0.4, -0.2) is 85.5 Å². The number of benzene rings is 3. The summed E-state index contributed by atoms with van der Waals surface area (Å²) >= 11 is 0. The number of hydrogen-bond acceptors (Lipinski definition) is 8. The van der Waals surface area contributed by atoms with E-state index >= 15 is 0 Å². The summed E-state index contributed by atoms with van der Waals surface area (Å²) in [7, 11) is 0. The van der Waals surface area contributed by atoms with Crippen molar-refractivity contribution < 1.29 is 24.3 Å². The predicted octanol–water partition coefficient (Wildman–Crippen LogP) is 3.01. The van der Waals surface area contributed by atoms with Crippen molar-refractivity contribution >= 4 is 40.7 Å².